The van der Waals surface area contributed by atoms with Gasteiger partial charge in [0.25, 0.3) is 0 Å². The Hall–Kier alpha value is -3.46. The topological polar surface area (TPSA) is 105 Å². The van der Waals surface area contributed by atoms with E-state index in [2.05, 4.69) is 35.1 Å². The summed E-state index contributed by atoms with van der Waals surface area (Å²) in [6, 6.07) is 11.9. The minimum atomic E-state index is 0.196. The molecule has 0 unspecified atom stereocenters. The Morgan fingerprint density at radius 1 is 1.07 bits per heavy atom. The number of pyridine rings is 1. The normalized spacial score (nSPS) is 14.5. The third-order valence-corrected chi connectivity index (χ3v) is 5.01. The molecule has 0 amide bonds. The number of hydrogen-bond donors (Lipinski definition) is 2. The first-order chi connectivity index (χ1) is 14.6. The van der Waals surface area contributed by atoms with Gasteiger partial charge in [-0.1, -0.05) is 12.1 Å². The van der Waals surface area contributed by atoms with Gasteiger partial charge in [-0.3, -0.25) is 4.90 Å². The first-order valence-corrected chi connectivity index (χ1v) is 9.91. The summed E-state index contributed by atoms with van der Waals surface area (Å²) in [4.78, 5) is 22.2. The van der Waals surface area contributed by atoms with Crippen molar-refractivity contribution in [2.45, 2.75) is 13.5 Å². The summed E-state index contributed by atoms with van der Waals surface area (Å²) in [5, 5.41) is 3.21. The van der Waals surface area contributed by atoms with Gasteiger partial charge >= 0.3 is 0 Å². The SMILES string of the molecule is COc1ccc(C)cc1Nc1nc(N)nc(CN2CCN(c3ccccn3)CC2)n1. The number of piperazine rings is 1. The van der Waals surface area contributed by atoms with Crippen LogP contribution >= 0.6 is 0 Å². The van der Waals surface area contributed by atoms with Gasteiger partial charge in [-0.2, -0.15) is 15.0 Å². The average molecular weight is 406 g/mol. The Labute approximate surface area is 175 Å². The minimum Gasteiger partial charge on any atom is -0.495 e. The quantitative estimate of drug-likeness (QED) is 0.637. The second kappa shape index (κ2) is 8.91. The number of rotatable bonds is 6. The monoisotopic (exact) mass is 406 g/mol. The second-order valence-electron chi connectivity index (χ2n) is 7.21. The lowest BCUT2D eigenvalue weighted by Gasteiger charge is -2.34. The van der Waals surface area contributed by atoms with Crippen molar-refractivity contribution in [1.82, 2.24) is 24.8 Å². The summed E-state index contributed by atoms with van der Waals surface area (Å²) in [6.07, 6.45) is 1.83. The number of nitrogens with two attached hydrogens (primary N) is 1. The van der Waals surface area contributed by atoms with Crippen LogP contribution in [0.2, 0.25) is 0 Å². The molecule has 1 fully saturated rings. The maximum Gasteiger partial charge on any atom is 0.232 e. The van der Waals surface area contributed by atoms with E-state index in [9.17, 15) is 0 Å². The largest absolute Gasteiger partial charge is 0.495 e. The number of nitrogens with zero attached hydrogens (tertiary/aromatic N) is 6. The van der Waals surface area contributed by atoms with Crippen molar-refractivity contribution in [1.29, 1.82) is 0 Å². The van der Waals surface area contributed by atoms with Crippen molar-refractivity contribution in [3.05, 3.63) is 54.0 Å². The number of nitrogen functional groups attached to an aromatic ring is 1. The summed E-state index contributed by atoms with van der Waals surface area (Å²) in [6.45, 7) is 6.24. The van der Waals surface area contributed by atoms with E-state index >= 15 is 0 Å². The highest BCUT2D eigenvalue weighted by atomic mass is 16.5. The Balaban J connectivity index is 1.42. The number of aryl methyl sites for hydroxylation is 1. The van der Waals surface area contributed by atoms with Gasteiger partial charge in [0.05, 0.1) is 19.3 Å². The molecule has 0 bridgehead atoms. The standard InChI is InChI=1S/C21H26N8O/c1-15-6-7-17(30-2)16(13-15)24-21-26-18(25-20(22)27-21)14-28-9-11-29(12-10-28)19-5-3-4-8-23-19/h3-8,13H,9-12,14H2,1-2H3,(H3,22,24,25,26,27). The molecule has 30 heavy (non-hydrogen) atoms. The average Bonchev–Trinajstić information content (AvgIpc) is 2.75. The Morgan fingerprint density at radius 3 is 2.63 bits per heavy atom. The van der Waals surface area contributed by atoms with Gasteiger partial charge in [-0.05, 0) is 36.8 Å². The lowest BCUT2D eigenvalue weighted by atomic mass is 10.2. The zero-order valence-electron chi connectivity index (χ0n) is 17.2. The molecule has 9 heteroatoms. The summed E-state index contributed by atoms with van der Waals surface area (Å²) < 4.78 is 5.42. The van der Waals surface area contributed by atoms with E-state index in [4.69, 9.17) is 10.5 Å². The molecule has 0 spiro atoms. The van der Waals surface area contributed by atoms with Gasteiger partial charge in [0, 0.05) is 32.4 Å². The molecule has 1 aliphatic heterocycles. The highest BCUT2D eigenvalue weighted by Gasteiger charge is 2.19. The van der Waals surface area contributed by atoms with Crippen LogP contribution in [0, 0.1) is 6.92 Å². The predicted octanol–water partition coefficient (Wildman–Crippen LogP) is 2.23. The summed E-state index contributed by atoms with van der Waals surface area (Å²) >= 11 is 0. The predicted molar refractivity (Wildman–Crippen MR) is 117 cm³/mol. The Kier molecular flexibility index (Phi) is 5.89. The van der Waals surface area contributed by atoms with Gasteiger partial charge in [0.1, 0.15) is 17.4 Å². The van der Waals surface area contributed by atoms with Crippen molar-refractivity contribution < 1.29 is 4.74 Å². The number of ether oxygens (including phenoxy) is 1. The van der Waals surface area contributed by atoms with Gasteiger partial charge in [-0.15, -0.1) is 0 Å². The number of nitrogens with one attached hydrogen (secondary N) is 1. The third kappa shape index (κ3) is 4.74. The minimum absolute atomic E-state index is 0.196. The van der Waals surface area contributed by atoms with Crippen LogP contribution < -0.4 is 20.7 Å². The number of anilines is 4. The van der Waals surface area contributed by atoms with Gasteiger partial charge in [-0.25, -0.2) is 4.98 Å². The fourth-order valence-electron chi connectivity index (χ4n) is 3.48. The number of methoxy groups -OCH3 is 1. The molecule has 9 nitrogen and oxygen atoms in total. The van der Waals surface area contributed by atoms with Crippen molar-refractivity contribution in [2.24, 2.45) is 0 Å². The van der Waals surface area contributed by atoms with E-state index in [1.165, 1.54) is 0 Å². The second-order valence-corrected chi connectivity index (χ2v) is 7.21. The molecule has 1 saturated heterocycles. The van der Waals surface area contributed by atoms with Crippen LogP contribution in [0.1, 0.15) is 11.4 Å². The summed E-state index contributed by atoms with van der Waals surface area (Å²) in [7, 11) is 1.63. The van der Waals surface area contributed by atoms with Crippen LogP contribution in [-0.2, 0) is 6.54 Å². The van der Waals surface area contributed by atoms with Crippen LogP contribution in [0.15, 0.2) is 42.6 Å². The molecule has 0 saturated carbocycles. The maximum atomic E-state index is 5.95. The fourth-order valence-corrected chi connectivity index (χ4v) is 3.48. The fraction of sp³-hybridized carbons (Fsp3) is 0.333. The van der Waals surface area contributed by atoms with E-state index in [0.29, 0.717) is 24.1 Å². The van der Waals surface area contributed by atoms with Crippen molar-refractivity contribution in [3.63, 3.8) is 0 Å². The number of benzene rings is 1. The first-order valence-electron chi connectivity index (χ1n) is 9.91. The Morgan fingerprint density at radius 2 is 1.90 bits per heavy atom. The van der Waals surface area contributed by atoms with E-state index in [1.54, 1.807) is 7.11 Å². The molecule has 1 aromatic carbocycles. The van der Waals surface area contributed by atoms with E-state index in [-0.39, 0.29) is 5.95 Å². The zero-order chi connectivity index (χ0) is 20.9. The molecule has 3 N–H and O–H groups in total. The lowest BCUT2D eigenvalue weighted by Crippen LogP contribution is -2.46. The third-order valence-electron chi connectivity index (χ3n) is 5.01. The van der Waals surface area contributed by atoms with E-state index < -0.39 is 0 Å². The molecule has 0 aliphatic carbocycles. The van der Waals surface area contributed by atoms with Crippen LogP contribution in [0.4, 0.5) is 23.4 Å². The van der Waals surface area contributed by atoms with Gasteiger partial charge < -0.3 is 20.7 Å². The van der Waals surface area contributed by atoms with Crippen LogP contribution in [0.3, 0.4) is 0 Å². The van der Waals surface area contributed by atoms with E-state index in [1.807, 2.05) is 49.5 Å². The molecule has 1 aliphatic rings. The smallest absolute Gasteiger partial charge is 0.232 e. The van der Waals surface area contributed by atoms with Gasteiger partial charge in [0.2, 0.25) is 11.9 Å². The lowest BCUT2D eigenvalue weighted by molar-refractivity contribution is 0.243. The molecule has 3 heterocycles. The molecule has 2 aromatic heterocycles. The molecular formula is C21H26N8O. The molecule has 0 atom stereocenters. The van der Waals surface area contributed by atoms with Crippen LogP contribution in [0.5, 0.6) is 5.75 Å². The number of hydrogen-bond acceptors (Lipinski definition) is 9. The molecule has 4 rings (SSSR count). The summed E-state index contributed by atoms with van der Waals surface area (Å²) in [5.41, 5.74) is 7.84. The Bertz CT molecular complexity index is 990. The molecular weight excluding hydrogens is 380 g/mol. The molecule has 0 radical (unpaired) electrons. The van der Waals surface area contributed by atoms with Crippen molar-refractivity contribution in [3.8, 4) is 5.75 Å². The summed E-state index contributed by atoms with van der Waals surface area (Å²) in [5.74, 6) is 2.98. The van der Waals surface area contributed by atoms with Crippen molar-refractivity contribution >= 4 is 23.4 Å². The maximum absolute atomic E-state index is 5.95. The number of aromatic nitrogens is 4. The van der Waals surface area contributed by atoms with Crippen molar-refractivity contribution in [2.75, 3.05) is 49.2 Å². The molecule has 3 aromatic rings. The van der Waals surface area contributed by atoms with Crippen LogP contribution in [-0.4, -0.2) is 58.1 Å². The zero-order valence-corrected chi connectivity index (χ0v) is 17.2. The van der Waals surface area contributed by atoms with E-state index in [0.717, 1.165) is 43.2 Å². The highest BCUT2D eigenvalue weighted by Crippen LogP contribution is 2.27. The van der Waals surface area contributed by atoms with Gasteiger partial charge in [0.15, 0.2) is 0 Å². The van der Waals surface area contributed by atoms with Crippen LogP contribution in [0.25, 0.3) is 0 Å². The first kappa shape index (κ1) is 19.8. The molecule has 156 valence electrons. The highest BCUT2D eigenvalue weighted by molar-refractivity contribution is 5.63.